The number of nitrogens with zero attached hydrogens (tertiary/aromatic N) is 1. The van der Waals surface area contributed by atoms with E-state index in [-0.39, 0.29) is 15.5 Å². The highest BCUT2D eigenvalue weighted by Crippen LogP contribution is 2.28. The Hall–Kier alpha value is -2.13. The van der Waals surface area contributed by atoms with Crippen molar-refractivity contribution >= 4 is 50.8 Å². The molecule has 0 saturated carbocycles. The zero-order valence-electron chi connectivity index (χ0n) is 15.9. The van der Waals surface area contributed by atoms with Crippen LogP contribution in [0.25, 0.3) is 0 Å². The van der Waals surface area contributed by atoms with E-state index >= 15 is 0 Å². The van der Waals surface area contributed by atoms with Crippen LogP contribution in [0.1, 0.15) is 29.6 Å². The standard InChI is InChI=1S/C20H20Cl2N2O5S/c21-15-5-7-16(8-6-15)23-19(25)13-29-20(26)14-4-9-17(22)18(12-14)30(27,28)24-10-2-1-3-11-24/h4-9,12H,1-3,10-11,13H2,(H,23,25). The lowest BCUT2D eigenvalue weighted by Gasteiger charge is -2.26. The van der Waals surface area contributed by atoms with Gasteiger partial charge in [-0.2, -0.15) is 4.31 Å². The van der Waals surface area contributed by atoms with Gasteiger partial charge >= 0.3 is 5.97 Å². The maximum atomic E-state index is 12.9. The number of carbonyl (C=O) groups excluding carboxylic acids is 2. The van der Waals surface area contributed by atoms with Crippen LogP contribution in [0, 0.1) is 0 Å². The summed E-state index contributed by atoms with van der Waals surface area (Å²) in [7, 11) is -3.82. The molecule has 3 rings (SSSR count). The monoisotopic (exact) mass is 470 g/mol. The Labute approximate surface area is 185 Å². The molecule has 7 nitrogen and oxygen atoms in total. The largest absolute Gasteiger partial charge is 0.452 e. The fourth-order valence-electron chi connectivity index (χ4n) is 3.02. The third kappa shape index (κ3) is 5.51. The van der Waals surface area contributed by atoms with E-state index < -0.39 is 28.5 Å². The number of hydrogen-bond acceptors (Lipinski definition) is 5. The predicted molar refractivity (Wildman–Crippen MR) is 114 cm³/mol. The van der Waals surface area contributed by atoms with Crippen molar-refractivity contribution in [2.45, 2.75) is 24.2 Å². The van der Waals surface area contributed by atoms with Crippen LogP contribution in [0.5, 0.6) is 0 Å². The van der Waals surface area contributed by atoms with E-state index in [2.05, 4.69) is 5.32 Å². The first-order valence-electron chi connectivity index (χ1n) is 9.29. The van der Waals surface area contributed by atoms with Crippen LogP contribution in [0.4, 0.5) is 5.69 Å². The molecule has 160 valence electrons. The van der Waals surface area contributed by atoms with Crippen molar-refractivity contribution in [3.8, 4) is 0 Å². The smallest absolute Gasteiger partial charge is 0.338 e. The number of piperidine rings is 1. The van der Waals surface area contributed by atoms with Crippen LogP contribution in [-0.4, -0.2) is 44.3 Å². The number of nitrogens with one attached hydrogen (secondary N) is 1. The molecule has 1 fully saturated rings. The maximum absolute atomic E-state index is 12.9. The molecule has 30 heavy (non-hydrogen) atoms. The summed E-state index contributed by atoms with van der Waals surface area (Å²) in [6, 6.07) is 10.3. The van der Waals surface area contributed by atoms with Crippen molar-refractivity contribution < 1.29 is 22.7 Å². The van der Waals surface area contributed by atoms with E-state index in [9.17, 15) is 18.0 Å². The van der Waals surface area contributed by atoms with Crippen molar-refractivity contribution in [1.29, 1.82) is 0 Å². The minimum atomic E-state index is -3.82. The number of hydrogen-bond donors (Lipinski definition) is 1. The van der Waals surface area contributed by atoms with Gasteiger partial charge in [-0.15, -0.1) is 0 Å². The molecule has 10 heteroatoms. The van der Waals surface area contributed by atoms with Crippen molar-refractivity contribution in [2.24, 2.45) is 0 Å². The average molecular weight is 471 g/mol. The Balaban J connectivity index is 1.67. The highest BCUT2D eigenvalue weighted by Gasteiger charge is 2.29. The first-order valence-corrected chi connectivity index (χ1v) is 11.5. The normalized spacial score (nSPS) is 14.9. The van der Waals surface area contributed by atoms with Crippen LogP contribution in [0.15, 0.2) is 47.4 Å². The zero-order valence-corrected chi connectivity index (χ0v) is 18.3. The number of esters is 1. The number of ether oxygens (including phenoxy) is 1. The minimum absolute atomic E-state index is 0.00530. The Morgan fingerprint density at radius 3 is 2.33 bits per heavy atom. The third-order valence-corrected chi connectivity index (χ3v) is 7.19. The van der Waals surface area contributed by atoms with Gasteiger partial charge in [0.1, 0.15) is 4.90 Å². The molecule has 1 amide bonds. The van der Waals surface area contributed by atoms with Gasteiger partial charge in [0, 0.05) is 23.8 Å². The van der Waals surface area contributed by atoms with E-state index in [0.717, 1.165) is 19.3 Å². The Kier molecular flexibility index (Phi) is 7.36. The second kappa shape index (κ2) is 9.78. The first-order chi connectivity index (χ1) is 14.3. The highest BCUT2D eigenvalue weighted by atomic mass is 35.5. The molecule has 0 spiro atoms. The molecule has 2 aromatic rings. The molecule has 0 aliphatic carbocycles. The van der Waals surface area contributed by atoms with Gasteiger partial charge in [-0.3, -0.25) is 4.79 Å². The topological polar surface area (TPSA) is 92.8 Å². The van der Waals surface area contributed by atoms with Gasteiger partial charge in [0.05, 0.1) is 10.6 Å². The lowest BCUT2D eigenvalue weighted by atomic mass is 10.2. The number of rotatable bonds is 6. The highest BCUT2D eigenvalue weighted by molar-refractivity contribution is 7.89. The molecule has 1 aliphatic heterocycles. The van der Waals surface area contributed by atoms with Gasteiger partial charge in [-0.1, -0.05) is 29.6 Å². The number of carbonyl (C=O) groups is 2. The lowest BCUT2D eigenvalue weighted by Crippen LogP contribution is -2.35. The summed E-state index contributed by atoms with van der Waals surface area (Å²) in [5.74, 6) is -1.37. The molecule has 0 aromatic heterocycles. The summed E-state index contributed by atoms with van der Waals surface area (Å²) in [4.78, 5) is 24.2. The van der Waals surface area contributed by atoms with Crippen molar-refractivity contribution in [2.75, 3.05) is 25.0 Å². The van der Waals surface area contributed by atoms with E-state index in [4.69, 9.17) is 27.9 Å². The van der Waals surface area contributed by atoms with Gasteiger partial charge in [-0.25, -0.2) is 13.2 Å². The minimum Gasteiger partial charge on any atom is -0.452 e. The molecule has 1 aliphatic rings. The van der Waals surface area contributed by atoms with Crippen LogP contribution >= 0.6 is 23.2 Å². The van der Waals surface area contributed by atoms with Gasteiger partial charge in [0.25, 0.3) is 5.91 Å². The molecule has 1 N–H and O–H groups in total. The third-order valence-electron chi connectivity index (χ3n) is 4.56. The quantitative estimate of drug-likeness (QED) is 0.644. The van der Waals surface area contributed by atoms with Gasteiger partial charge in [-0.05, 0) is 55.3 Å². The Bertz CT molecular complexity index is 1040. The summed E-state index contributed by atoms with van der Waals surface area (Å²) in [5, 5.41) is 3.12. The summed E-state index contributed by atoms with van der Waals surface area (Å²) < 4.78 is 32.2. The van der Waals surface area contributed by atoms with Crippen molar-refractivity contribution in [3.63, 3.8) is 0 Å². The number of halogens is 2. The van der Waals surface area contributed by atoms with Crippen LogP contribution < -0.4 is 5.32 Å². The van der Waals surface area contributed by atoms with Crippen LogP contribution in [0.3, 0.4) is 0 Å². The maximum Gasteiger partial charge on any atom is 0.338 e. The zero-order chi connectivity index (χ0) is 21.7. The second-order valence-electron chi connectivity index (χ2n) is 6.74. The Morgan fingerprint density at radius 2 is 1.67 bits per heavy atom. The van der Waals surface area contributed by atoms with Crippen molar-refractivity contribution in [3.05, 3.63) is 58.1 Å². The van der Waals surface area contributed by atoms with Gasteiger partial charge in [0.2, 0.25) is 10.0 Å². The molecule has 0 unspecified atom stereocenters. The predicted octanol–water partition coefficient (Wildman–Crippen LogP) is 3.96. The number of anilines is 1. The van der Waals surface area contributed by atoms with Gasteiger partial charge < -0.3 is 10.1 Å². The fraction of sp³-hybridized carbons (Fsp3) is 0.300. The number of sulfonamides is 1. The van der Waals surface area contributed by atoms with Crippen LogP contribution in [-0.2, 0) is 19.6 Å². The average Bonchev–Trinajstić information content (AvgIpc) is 2.74. The summed E-state index contributed by atoms with van der Waals surface area (Å²) >= 11 is 11.9. The molecular weight excluding hydrogens is 451 g/mol. The first kappa shape index (κ1) is 22.6. The molecule has 0 bridgehead atoms. The molecule has 2 aromatic carbocycles. The molecule has 0 atom stereocenters. The van der Waals surface area contributed by atoms with E-state index in [1.54, 1.807) is 24.3 Å². The molecule has 1 saturated heterocycles. The lowest BCUT2D eigenvalue weighted by molar-refractivity contribution is -0.119. The van der Waals surface area contributed by atoms with Crippen molar-refractivity contribution in [1.82, 2.24) is 4.31 Å². The Morgan fingerprint density at radius 1 is 1.00 bits per heavy atom. The van der Waals surface area contributed by atoms with E-state index in [1.165, 1.54) is 22.5 Å². The summed E-state index contributed by atoms with van der Waals surface area (Å²) in [6.07, 6.45) is 2.53. The fourth-order valence-corrected chi connectivity index (χ4v) is 5.16. The van der Waals surface area contributed by atoms with Crippen LogP contribution in [0.2, 0.25) is 10.0 Å². The molecular formula is C20H20Cl2N2O5S. The number of amides is 1. The molecule has 0 radical (unpaired) electrons. The second-order valence-corrected chi connectivity index (χ2v) is 9.49. The molecule has 1 heterocycles. The van der Waals surface area contributed by atoms with Gasteiger partial charge in [0.15, 0.2) is 6.61 Å². The van der Waals surface area contributed by atoms with E-state index in [0.29, 0.717) is 23.8 Å². The summed E-state index contributed by atoms with van der Waals surface area (Å²) in [5.41, 5.74) is 0.496. The van der Waals surface area contributed by atoms with E-state index in [1.807, 2.05) is 0 Å². The number of benzene rings is 2. The summed E-state index contributed by atoms with van der Waals surface area (Å²) in [6.45, 7) is 0.300. The SMILES string of the molecule is O=C(COC(=O)c1ccc(Cl)c(S(=O)(=O)N2CCCCC2)c1)Nc1ccc(Cl)cc1.